The Kier molecular flexibility index (Phi) is 12.6. The van der Waals surface area contributed by atoms with Gasteiger partial charge >= 0.3 is 0 Å². The van der Waals surface area contributed by atoms with Crippen molar-refractivity contribution in [3.63, 3.8) is 0 Å². The lowest BCUT2D eigenvalue weighted by molar-refractivity contribution is 0.103. The molecule has 0 radical (unpaired) electrons. The van der Waals surface area contributed by atoms with Crippen molar-refractivity contribution in [2.45, 2.75) is 89.9 Å². The quantitative estimate of drug-likeness (QED) is 0.160. The van der Waals surface area contributed by atoms with Gasteiger partial charge < -0.3 is 30.1 Å². The second-order valence-electron chi connectivity index (χ2n) is 12.0. The van der Waals surface area contributed by atoms with Gasteiger partial charge in [-0.15, -0.1) is 4.99 Å². The van der Waals surface area contributed by atoms with Gasteiger partial charge in [-0.3, -0.25) is 5.32 Å². The Hall–Kier alpha value is -2.49. The summed E-state index contributed by atoms with van der Waals surface area (Å²) in [4.78, 5) is 4.76. The van der Waals surface area contributed by atoms with Crippen LogP contribution in [0.3, 0.4) is 0 Å². The van der Waals surface area contributed by atoms with Gasteiger partial charge in [0.1, 0.15) is 18.2 Å². The highest BCUT2D eigenvalue weighted by Gasteiger charge is 2.37. The Labute approximate surface area is 252 Å². The van der Waals surface area contributed by atoms with Gasteiger partial charge in [-0.25, -0.2) is 0 Å². The van der Waals surface area contributed by atoms with Crippen molar-refractivity contribution in [3.05, 3.63) is 59.2 Å². The Morgan fingerprint density at radius 3 is 2.76 bits per heavy atom. The monoisotopic (exact) mass is 581 g/mol. The van der Waals surface area contributed by atoms with Crippen molar-refractivity contribution >= 4 is 6.21 Å². The molecule has 4 rings (SSSR count). The van der Waals surface area contributed by atoms with Gasteiger partial charge in [0.15, 0.2) is 23.8 Å². The number of aliphatic hydroxyl groups excluding tert-OH is 2. The van der Waals surface area contributed by atoms with E-state index in [9.17, 15) is 15.3 Å². The van der Waals surface area contributed by atoms with Gasteiger partial charge in [0.05, 0.1) is 18.1 Å². The largest absolute Gasteiger partial charge is 0.504 e. The molecule has 8 nitrogen and oxygen atoms in total. The third kappa shape index (κ3) is 9.01. The second-order valence-corrected chi connectivity index (χ2v) is 12.0. The number of hydrogen-bond donors (Lipinski definition) is 5. The number of unbranched alkanes of at least 4 members (excludes halogenated alkanes) is 1. The molecule has 1 unspecified atom stereocenters. The van der Waals surface area contributed by atoms with Crippen LogP contribution in [-0.2, 0) is 11.2 Å². The molecular weight excluding hydrogens is 530 g/mol. The molecule has 1 saturated carbocycles. The third-order valence-corrected chi connectivity index (χ3v) is 8.73. The highest BCUT2D eigenvalue weighted by atomic mass is 16.5. The van der Waals surface area contributed by atoms with E-state index < -0.39 is 0 Å². The molecule has 0 saturated heterocycles. The van der Waals surface area contributed by atoms with Crippen LogP contribution in [0, 0.1) is 24.0 Å². The van der Waals surface area contributed by atoms with Gasteiger partial charge in [0.2, 0.25) is 0 Å². The number of nitrogens with one attached hydrogen (secondary N) is 2. The third-order valence-electron chi connectivity index (χ3n) is 8.73. The van der Waals surface area contributed by atoms with E-state index in [1.54, 1.807) is 6.07 Å². The molecule has 4 atom stereocenters. The average molecular weight is 582 g/mol. The van der Waals surface area contributed by atoms with E-state index in [0.717, 1.165) is 61.9 Å². The van der Waals surface area contributed by atoms with Crippen molar-refractivity contribution in [3.8, 4) is 11.5 Å². The summed E-state index contributed by atoms with van der Waals surface area (Å²) in [5, 5.41) is 36.7. The average Bonchev–Trinajstić information content (AvgIpc) is 3.76. The van der Waals surface area contributed by atoms with Gasteiger partial charge in [-0.2, -0.15) is 11.6 Å². The standard InChI is InChI=1S/C34H51N3O5/c1-4-5-10-33-27(21-38)16-28(42-33)13-11-24-12-14-32(40)34(15-24)41-22-31(35-3)30-17-26(19-37-30)29(20-36-18-23(2)39)25-8-6-7-9-25/h12,14-17,19,23,25,29,31,33,35-36,38-40H,4-11,13,18,20-22H2,1-3H3/t23-,29+,31-,33?/m0/s1. The van der Waals surface area contributed by atoms with Gasteiger partial charge in [0.25, 0.3) is 0 Å². The van der Waals surface area contributed by atoms with Gasteiger partial charge in [0, 0.05) is 25.8 Å². The van der Waals surface area contributed by atoms with Crippen LogP contribution >= 0.6 is 0 Å². The SMILES string of the molecule is CCCCC1O[C-](CCc2ccc(O)c(OC[C@H](NC)[C+]3C=C([C@H](CNC[C@H](C)O)C4CCCC4)C=N3)c2)C=C1CO. The van der Waals surface area contributed by atoms with Crippen molar-refractivity contribution in [1.82, 2.24) is 10.6 Å². The van der Waals surface area contributed by atoms with Crippen molar-refractivity contribution in [2.24, 2.45) is 16.8 Å². The number of aromatic hydroxyl groups is 1. The summed E-state index contributed by atoms with van der Waals surface area (Å²) in [6, 6.07) is 6.31. The first-order valence-electron chi connectivity index (χ1n) is 15.9. The summed E-state index contributed by atoms with van der Waals surface area (Å²) < 4.78 is 12.3. The Bertz CT molecular complexity index is 1070. The fraction of sp³-hybridized carbons (Fsp3) is 0.618. The molecule has 0 amide bonds. The van der Waals surface area contributed by atoms with Gasteiger partial charge in [-0.05, 0) is 63.3 Å². The van der Waals surface area contributed by atoms with Crippen LogP contribution in [-0.4, -0.2) is 73.1 Å². The molecule has 42 heavy (non-hydrogen) atoms. The number of aliphatic imine (C=N–C) groups is 1. The molecule has 1 aromatic carbocycles. The molecule has 1 aromatic rings. The maximum absolute atomic E-state index is 10.5. The second kappa shape index (κ2) is 16.4. The van der Waals surface area contributed by atoms with Crippen molar-refractivity contribution in [1.29, 1.82) is 0 Å². The first-order chi connectivity index (χ1) is 20.4. The lowest BCUT2D eigenvalue weighted by Crippen LogP contribution is -2.36. The number of ether oxygens (including phenoxy) is 2. The van der Waals surface area contributed by atoms with Crippen molar-refractivity contribution < 1.29 is 24.8 Å². The molecule has 3 aliphatic rings. The van der Waals surface area contributed by atoms with Crippen LogP contribution < -0.4 is 15.4 Å². The fourth-order valence-electron chi connectivity index (χ4n) is 6.24. The number of aryl methyl sites for hydroxylation is 1. The van der Waals surface area contributed by atoms with E-state index in [0.29, 0.717) is 30.7 Å². The molecule has 5 N–H and O–H groups in total. The van der Waals surface area contributed by atoms with E-state index in [2.05, 4.69) is 23.6 Å². The van der Waals surface area contributed by atoms with Crippen molar-refractivity contribution in [2.75, 3.05) is 33.4 Å². The summed E-state index contributed by atoms with van der Waals surface area (Å²) in [6.07, 6.45) is 16.3. The minimum absolute atomic E-state index is 0.0126. The molecule has 0 bridgehead atoms. The normalized spacial score (nSPS) is 21.1. The zero-order valence-corrected chi connectivity index (χ0v) is 25.6. The van der Waals surface area contributed by atoms with E-state index in [4.69, 9.17) is 14.5 Å². The molecular formula is C34H51N3O5. The number of aliphatic hydroxyl groups is 2. The predicted octanol–water partition coefficient (Wildman–Crippen LogP) is 4.65. The Morgan fingerprint density at radius 1 is 1.24 bits per heavy atom. The highest BCUT2D eigenvalue weighted by molar-refractivity contribution is 5.84. The fourth-order valence-corrected chi connectivity index (χ4v) is 6.24. The summed E-state index contributed by atoms with van der Waals surface area (Å²) in [7, 11) is 1.90. The topological polar surface area (TPSA) is 116 Å². The molecule has 1 aliphatic carbocycles. The van der Waals surface area contributed by atoms with Crippen LogP contribution in [0.15, 0.2) is 46.5 Å². The summed E-state index contributed by atoms with van der Waals surface area (Å²) in [6.45, 7) is 5.76. The Morgan fingerprint density at radius 2 is 2.05 bits per heavy atom. The number of benzene rings is 1. The van der Waals surface area contributed by atoms with Gasteiger partial charge in [-0.1, -0.05) is 51.2 Å². The minimum Gasteiger partial charge on any atom is -0.504 e. The van der Waals surface area contributed by atoms with Crippen LogP contribution in [0.5, 0.6) is 11.5 Å². The van der Waals surface area contributed by atoms with E-state index in [1.165, 1.54) is 31.3 Å². The molecule has 8 heteroatoms. The highest BCUT2D eigenvalue weighted by Crippen LogP contribution is 2.37. The van der Waals surface area contributed by atoms with E-state index >= 15 is 0 Å². The minimum atomic E-state index is -0.364. The van der Waals surface area contributed by atoms with Crippen LogP contribution in [0.2, 0.25) is 0 Å². The summed E-state index contributed by atoms with van der Waals surface area (Å²) in [5.41, 5.74) is 3.25. The van der Waals surface area contributed by atoms with E-state index in [1.807, 2.05) is 38.4 Å². The molecule has 2 aliphatic heterocycles. The van der Waals surface area contributed by atoms with Crippen LogP contribution in [0.25, 0.3) is 0 Å². The molecule has 2 heterocycles. The van der Waals surface area contributed by atoms with Crippen LogP contribution in [0.4, 0.5) is 0 Å². The lowest BCUT2D eigenvalue weighted by atomic mass is 9.84. The number of phenols is 1. The lowest BCUT2D eigenvalue weighted by Gasteiger charge is -2.24. The number of hydrogen-bond acceptors (Lipinski definition) is 8. The molecule has 232 valence electrons. The molecule has 0 spiro atoms. The maximum Gasteiger partial charge on any atom is 0.176 e. The first-order valence-corrected chi connectivity index (χ1v) is 15.9. The predicted molar refractivity (Wildman–Crippen MR) is 167 cm³/mol. The molecule has 1 fully saturated rings. The number of rotatable bonds is 18. The summed E-state index contributed by atoms with van der Waals surface area (Å²) in [5.74, 6) is 1.57. The zero-order chi connectivity index (χ0) is 29.9. The van der Waals surface area contributed by atoms with E-state index in [-0.39, 0.29) is 30.6 Å². The maximum atomic E-state index is 10.5. The zero-order valence-electron chi connectivity index (χ0n) is 25.6. The van der Waals surface area contributed by atoms with Crippen LogP contribution in [0.1, 0.15) is 70.8 Å². The first kappa shape index (κ1) is 32.4. The number of nitrogens with zero attached hydrogens (tertiary/aromatic N) is 1. The number of phenolic OH excluding ortho intramolecular Hbond substituents is 1. The smallest absolute Gasteiger partial charge is 0.176 e. The molecule has 0 aromatic heterocycles. The number of likely N-dealkylation sites (N-methyl/N-ethyl adjacent to an activating group) is 1. The summed E-state index contributed by atoms with van der Waals surface area (Å²) >= 11 is 0. The Balaban J connectivity index is 1.32.